The maximum Gasteiger partial charge on any atom is -0.0228 e. The van der Waals surface area contributed by atoms with Crippen LogP contribution in [0, 0.1) is 13.3 Å². The lowest BCUT2D eigenvalue weighted by Gasteiger charge is -2.21. The van der Waals surface area contributed by atoms with E-state index in [9.17, 15) is 0 Å². The molecule has 0 aromatic heterocycles. The van der Waals surface area contributed by atoms with Crippen LogP contribution in [-0.2, 0) is 0 Å². The van der Waals surface area contributed by atoms with Gasteiger partial charge in [-0.3, -0.25) is 0 Å². The fourth-order valence-corrected chi connectivity index (χ4v) is 2.19. The zero-order valence-electron chi connectivity index (χ0n) is 12.0. The molecule has 0 heteroatoms. The van der Waals surface area contributed by atoms with E-state index in [-0.39, 0.29) is 0 Å². The van der Waals surface area contributed by atoms with E-state index in [0.29, 0.717) is 11.8 Å². The van der Waals surface area contributed by atoms with Crippen molar-refractivity contribution in [2.45, 2.75) is 53.4 Å². The smallest absolute Gasteiger partial charge is 0.0228 e. The molecule has 0 amide bonds. The van der Waals surface area contributed by atoms with Crippen molar-refractivity contribution >= 4 is 6.08 Å². The summed E-state index contributed by atoms with van der Waals surface area (Å²) in [6, 6.07) is 4.65. The van der Waals surface area contributed by atoms with Gasteiger partial charge in [-0.1, -0.05) is 56.5 Å². The molecule has 0 N–H and O–H groups in total. The van der Waals surface area contributed by atoms with Crippen molar-refractivity contribution in [3.63, 3.8) is 0 Å². The van der Waals surface area contributed by atoms with Gasteiger partial charge in [-0.05, 0) is 18.8 Å². The molecule has 1 aromatic rings. The summed E-state index contributed by atoms with van der Waals surface area (Å²) in [5.74, 6) is 1.15. The van der Waals surface area contributed by atoms with Crippen molar-refractivity contribution < 1.29 is 0 Å². The SMILES string of the molecule is C[CH-]C=Cc1c(C(C)C)cc(C)cc1C(C)C. The molecule has 0 heterocycles. The van der Waals surface area contributed by atoms with Gasteiger partial charge in [-0.15, -0.1) is 12.5 Å². The van der Waals surface area contributed by atoms with Crippen LogP contribution in [0.5, 0.6) is 0 Å². The molecule has 0 saturated carbocycles. The number of hydrogen-bond donors (Lipinski definition) is 0. The van der Waals surface area contributed by atoms with E-state index in [1.54, 1.807) is 0 Å². The molecule has 0 aliphatic heterocycles. The Morgan fingerprint density at radius 3 is 1.82 bits per heavy atom. The Labute approximate surface area is 107 Å². The second kappa shape index (κ2) is 5.95. The molecule has 1 aromatic carbocycles. The molecule has 0 unspecified atom stereocenters. The van der Waals surface area contributed by atoms with Gasteiger partial charge in [0, 0.05) is 0 Å². The van der Waals surface area contributed by atoms with Gasteiger partial charge in [-0.25, -0.2) is 18.6 Å². The molecule has 94 valence electrons. The highest BCUT2D eigenvalue weighted by atomic mass is 14.2. The molecular weight excluding hydrogens is 204 g/mol. The second-order valence-electron chi connectivity index (χ2n) is 5.36. The minimum absolute atomic E-state index is 0.573. The summed E-state index contributed by atoms with van der Waals surface area (Å²) in [5.41, 5.74) is 5.72. The standard InChI is InChI=1S/C17H25/c1-7-8-9-15-16(12(2)3)10-14(6)11-17(15)13(4)5/h7-13H,1-6H3/q-1. The van der Waals surface area contributed by atoms with Crippen LogP contribution in [0.4, 0.5) is 0 Å². The molecule has 0 spiro atoms. The average molecular weight is 229 g/mol. The topological polar surface area (TPSA) is 0 Å². The summed E-state index contributed by atoms with van der Waals surface area (Å²) in [6.45, 7) is 13.3. The Kier molecular flexibility index (Phi) is 4.86. The number of benzene rings is 1. The average Bonchev–Trinajstić information content (AvgIpc) is 2.26. The highest BCUT2D eigenvalue weighted by molar-refractivity contribution is 5.61. The number of rotatable bonds is 4. The number of hydrogen-bond acceptors (Lipinski definition) is 0. The molecule has 0 nitrogen and oxygen atoms in total. The summed E-state index contributed by atoms with van der Waals surface area (Å²) in [6.07, 6.45) is 6.49. The van der Waals surface area contributed by atoms with Gasteiger partial charge in [0.25, 0.3) is 0 Å². The number of allylic oxidation sites excluding steroid dienone is 1. The van der Waals surface area contributed by atoms with Crippen LogP contribution in [0.15, 0.2) is 18.2 Å². The molecule has 0 atom stereocenters. The van der Waals surface area contributed by atoms with Gasteiger partial charge in [0.05, 0.1) is 0 Å². The quantitative estimate of drug-likeness (QED) is 0.600. The maximum absolute atomic E-state index is 2.33. The van der Waals surface area contributed by atoms with E-state index in [4.69, 9.17) is 0 Å². The minimum Gasteiger partial charge on any atom is -0.233 e. The molecule has 0 fully saturated rings. The lowest BCUT2D eigenvalue weighted by atomic mass is 9.86. The van der Waals surface area contributed by atoms with Gasteiger partial charge in [0.15, 0.2) is 0 Å². The molecule has 0 aliphatic rings. The van der Waals surface area contributed by atoms with E-state index < -0.39 is 0 Å². The zero-order valence-corrected chi connectivity index (χ0v) is 12.0. The Morgan fingerprint density at radius 2 is 1.47 bits per heavy atom. The predicted octanol–water partition coefficient (Wildman–Crippen LogP) is 5.48. The fourth-order valence-electron chi connectivity index (χ4n) is 2.19. The van der Waals surface area contributed by atoms with Gasteiger partial charge in [0.1, 0.15) is 0 Å². The summed E-state index contributed by atoms with van der Waals surface area (Å²) >= 11 is 0. The van der Waals surface area contributed by atoms with E-state index >= 15 is 0 Å². The van der Waals surface area contributed by atoms with Gasteiger partial charge in [0.2, 0.25) is 0 Å². The van der Waals surface area contributed by atoms with E-state index in [0.717, 1.165) is 0 Å². The Morgan fingerprint density at radius 1 is 1.00 bits per heavy atom. The van der Waals surface area contributed by atoms with Crippen LogP contribution < -0.4 is 0 Å². The Bertz CT molecular complexity index is 365. The van der Waals surface area contributed by atoms with Crippen molar-refractivity contribution in [2.75, 3.05) is 0 Å². The molecule has 0 saturated heterocycles. The third-order valence-electron chi connectivity index (χ3n) is 3.09. The molecule has 17 heavy (non-hydrogen) atoms. The Balaban J connectivity index is 3.41. The lowest BCUT2D eigenvalue weighted by molar-refractivity contribution is 0.826. The first-order valence-corrected chi connectivity index (χ1v) is 6.57. The third kappa shape index (κ3) is 3.39. The van der Waals surface area contributed by atoms with Crippen molar-refractivity contribution in [2.24, 2.45) is 0 Å². The van der Waals surface area contributed by atoms with Crippen molar-refractivity contribution in [1.29, 1.82) is 0 Å². The van der Waals surface area contributed by atoms with Crippen molar-refractivity contribution in [3.8, 4) is 0 Å². The molecule has 0 aliphatic carbocycles. The van der Waals surface area contributed by atoms with Crippen LogP contribution >= 0.6 is 0 Å². The van der Waals surface area contributed by atoms with Gasteiger partial charge in [-0.2, -0.15) is 0 Å². The van der Waals surface area contributed by atoms with E-state index in [1.807, 2.05) is 0 Å². The van der Waals surface area contributed by atoms with Crippen LogP contribution in [0.3, 0.4) is 0 Å². The Hall–Kier alpha value is -1.17. The first-order valence-electron chi connectivity index (χ1n) is 6.57. The van der Waals surface area contributed by atoms with Crippen LogP contribution in [0.25, 0.3) is 6.08 Å². The highest BCUT2D eigenvalue weighted by Crippen LogP contribution is 2.30. The molecule has 0 bridgehead atoms. The lowest BCUT2D eigenvalue weighted by Crippen LogP contribution is -2.01. The monoisotopic (exact) mass is 229 g/mol. The number of aryl methyl sites for hydroxylation is 1. The van der Waals surface area contributed by atoms with E-state index in [2.05, 4.69) is 72.2 Å². The second-order valence-corrected chi connectivity index (χ2v) is 5.36. The normalized spacial score (nSPS) is 11.8. The van der Waals surface area contributed by atoms with Crippen LogP contribution in [0.1, 0.15) is 68.7 Å². The fraction of sp³-hybridized carbons (Fsp3) is 0.471. The largest absolute Gasteiger partial charge is 0.233 e. The molecule has 1 rings (SSSR count). The summed E-state index contributed by atoms with van der Waals surface area (Å²) in [7, 11) is 0. The van der Waals surface area contributed by atoms with Gasteiger partial charge < -0.3 is 0 Å². The molecular formula is C17H25-. The van der Waals surface area contributed by atoms with Crippen molar-refractivity contribution in [3.05, 3.63) is 46.9 Å². The van der Waals surface area contributed by atoms with E-state index in [1.165, 1.54) is 22.3 Å². The van der Waals surface area contributed by atoms with Crippen molar-refractivity contribution in [1.82, 2.24) is 0 Å². The first-order chi connectivity index (χ1) is 7.97. The summed E-state index contributed by atoms with van der Waals surface area (Å²) in [5, 5.41) is 0. The zero-order chi connectivity index (χ0) is 13.0. The molecule has 0 radical (unpaired) electrons. The maximum atomic E-state index is 2.33. The summed E-state index contributed by atoms with van der Waals surface area (Å²) in [4.78, 5) is 0. The third-order valence-corrected chi connectivity index (χ3v) is 3.09. The van der Waals surface area contributed by atoms with Crippen LogP contribution in [-0.4, -0.2) is 0 Å². The van der Waals surface area contributed by atoms with Crippen LogP contribution in [0.2, 0.25) is 0 Å². The minimum atomic E-state index is 0.573. The first kappa shape index (κ1) is 13.9. The van der Waals surface area contributed by atoms with Gasteiger partial charge >= 0.3 is 0 Å². The predicted molar refractivity (Wildman–Crippen MR) is 78.4 cm³/mol. The summed E-state index contributed by atoms with van der Waals surface area (Å²) < 4.78 is 0. The highest BCUT2D eigenvalue weighted by Gasteiger charge is 2.09.